The van der Waals surface area contributed by atoms with Gasteiger partial charge < -0.3 is 9.84 Å². The Morgan fingerprint density at radius 2 is 2.00 bits per heavy atom. The summed E-state index contributed by atoms with van der Waals surface area (Å²) in [5.41, 5.74) is 0. The molecule has 2 saturated heterocycles. The first-order valence-electron chi connectivity index (χ1n) is 5.01. The van der Waals surface area contributed by atoms with Gasteiger partial charge in [0.1, 0.15) is 6.10 Å². The van der Waals surface area contributed by atoms with Gasteiger partial charge in [-0.3, -0.25) is 9.63 Å². The molecule has 0 radical (unpaired) electrons. The van der Waals surface area contributed by atoms with Crippen LogP contribution >= 0.6 is 0 Å². The Hall–Kier alpha value is -1.14. The smallest absolute Gasteiger partial charge is 0.332 e. The van der Waals surface area contributed by atoms with E-state index in [1.165, 1.54) is 5.06 Å². The number of ether oxygens (including phenoxy) is 1. The molecule has 15 heavy (non-hydrogen) atoms. The maximum absolute atomic E-state index is 11.7. The minimum atomic E-state index is -1.01. The van der Waals surface area contributed by atoms with E-state index in [0.717, 1.165) is 6.42 Å². The molecule has 6 nitrogen and oxygen atoms in total. The number of hydrogen-bond donors (Lipinski definition) is 1. The SMILES string of the molecule is O=C(O)[C@H]1CC[C@@H](C(=O)N2CCCO2)O1. The number of hydrogen-bond acceptors (Lipinski definition) is 4. The number of carboxylic acids is 1. The third-order valence-corrected chi connectivity index (χ3v) is 2.57. The Kier molecular flexibility index (Phi) is 2.88. The Bertz CT molecular complexity index is 274. The predicted molar refractivity (Wildman–Crippen MR) is 47.8 cm³/mol. The van der Waals surface area contributed by atoms with Gasteiger partial charge in [-0.15, -0.1) is 0 Å². The summed E-state index contributed by atoms with van der Waals surface area (Å²) in [6.07, 6.45) is 0.168. The van der Waals surface area contributed by atoms with E-state index >= 15 is 0 Å². The van der Waals surface area contributed by atoms with Crippen LogP contribution in [0.2, 0.25) is 0 Å². The minimum Gasteiger partial charge on any atom is -0.479 e. The topological polar surface area (TPSA) is 76.1 Å². The van der Waals surface area contributed by atoms with Crippen molar-refractivity contribution in [2.75, 3.05) is 13.2 Å². The van der Waals surface area contributed by atoms with Crippen molar-refractivity contribution < 1.29 is 24.3 Å². The molecule has 2 heterocycles. The molecule has 2 aliphatic rings. The van der Waals surface area contributed by atoms with Crippen molar-refractivity contribution in [2.45, 2.75) is 31.5 Å². The Balaban J connectivity index is 1.89. The highest BCUT2D eigenvalue weighted by atomic mass is 16.7. The van der Waals surface area contributed by atoms with Crippen LogP contribution in [0.3, 0.4) is 0 Å². The van der Waals surface area contributed by atoms with E-state index in [4.69, 9.17) is 14.7 Å². The number of carboxylic acid groups (broad SMARTS) is 1. The fraction of sp³-hybridized carbons (Fsp3) is 0.778. The number of carbonyl (C=O) groups is 2. The van der Waals surface area contributed by atoms with E-state index in [1.54, 1.807) is 0 Å². The highest BCUT2D eigenvalue weighted by Gasteiger charge is 2.37. The lowest BCUT2D eigenvalue weighted by atomic mass is 10.2. The van der Waals surface area contributed by atoms with Crippen molar-refractivity contribution >= 4 is 11.9 Å². The molecular formula is C9H13NO5. The number of carbonyl (C=O) groups excluding carboxylic acids is 1. The summed E-state index contributed by atoms with van der Waals surface area (Å²) in [5.74, 6) is -1.26. The second-order valence-corrected chi connectivity index (χ2v) is 3.66. The Morgan fingerprint density at radius 3 is 2.53 bits per heavy atom. The molecule has 2 fully saturated rings. The van der Waals surface area contributed by atoms with Gasteiger partial charge in [0.25, 0.3) is 5.91 Å². The van der Waals surface area contributed by atoms with Crippen molar-refractivity contribution in [3.8, 4) is 0 Å². The maximum atomic E-state index is 11.7. The Labute approximate surface area is 86.7 Å². The summed E-state index contributed by atoms with van der Waals surface area (Å²) in [6, 6.07) is 0. The zero-order chi connectivity index (χ0) is 10.8. The van der Waals surface area contributed by atoms with E-state index in [0.29, 0.717) is 26.0 Å². The van der Waals surface area contributed by atoms with Gasteiger partial charge in [0.05, 0.1) is 13.2 Å². The average molecular weight is 215 g/mol. The lowest BCUT2D eigenvalue weighted by Gasteiger charge is -2.18. The first kappa shape index (κ1) is 10.4. The molecule has 0 aliphatic carbocycles. The highest BCUT2D eigenvalue weighted by molar-refractivity contribution is 5.82. The van der Waals surface area contributed by atoms with Crippen LogP contribution in [-0.2, 0) is 19.2 Å². The van der Waals surface area contributed by atoms with E-state index in [2.05, 4.69) is 0 Å². The number of aliphatic carboxylic acids is 1. The number of rotatable bonds is 2. The van der Waals surface area contributed by atoms with Crippen LogP contribution in [0.25, 0.3) is 0 Å². The van der Waals surface area contributed by atoms with Gasteiger partial charge in [-0.2, -0.15) is 0 Å². The first-order valence-corrected chi connectivity index (χ1v) is 5.01. The van der Waals surface area contributed by atoms with Crippen molar-refractivity contribution in [1.29, 1.82) is 0 Å². The van der Waals surface area contributed by atoms with Gasteiger partial charge in [0.15, 0.2) is 6.10 Å². The van der Waals surface area contributed by atoms with Crippen LogP contribution in [0.5, 0.6) is 0 Å². The van der Waals surface area contributed by atoms with Crippen LogP contribution in [0, 0.1) is 0 Å². The fourth-order valence-electron chi connectivity index (χ4n) is 1.78. The predicted octanol–water partition coefficient (Wildman–Crippen LogP) is -0.218. The van der Waals surface area contributed by atoms with Crippen LogP contribution < -0.4 is 0 Å². The zero-order valence-electron chi connectivity index (χ0n) is 8.22. The quantitative estimate of drug-likeness (QED) is 0.689. The summed E-state index contributed by atoms with van der Waals surface area (Å²) in [7, 11) is 0. The summed E-state index contributed by atoms with van der Waals surface area (Å²) in [5, 5.41) is 9.97. The summed E-state index contributed by atoms with van der Waals surface area (Å²) >= 11 is 0. The Morgan fingerprint density at radius 1 is 1.27 bits per heavy atom. The third-order valence-electron chi connectivity index (χ3n) is 2.57. The molecule has 2 atom stereocenters. The second kappa shape index (κ2) is 4.16. The largest absolute Gasteiger partial charge is 0.479 e. The van der Waals surface area contributed by atoms with Gasteiger partial charge in [0, 0.05) is 0 Å². The van der Waals surface area contributed by atoms with Gasteiger partial charge in [-0.05, 0) is 19.3 Å². The monoisotopic (exact) mass is 215 g/mol. The van der Waals surface area contributed by atoms with Crippen molar-refractivity contribution in [3.63, 3.8) is 0 Å². The lowest BCUT2D eigenvalue weighted by molar-refractivity contribution is -0.181. The van der Waals surface area contributed by atoms with Crippen LogP contribution in [0.15, 0.2) is 0 Å². The molecule has 6 heteroatoms. The molecule has 2 rings (SSSR count). The minimum absolute atomic E-state index is 0.253. The molecule has 1 amide bonds. The molecule has 0 spiro atoms. The number of amides is 1. The summed E-state index contributed by atoms with van der Waals surface area (Å²) in [4.78, 5) is 27.4. The van der Waals surface area contributed by atoms with Crippen LogP contribution in [0.1, 0.15) is 19.3 Å². The molecule has 0 aromatic rings. The fourth-order valence-corrected chi connectivity index (χ4v) is 1.78. The van der Waals surface area contributed by atoms with E-state index < -0.39 is 18.2 Å². The van der Waals surface area contributed by atoms with Gasteiger partial charge in [0.2, 0.25) is 0 Å². The van der Waals surface area contributed by atoms with Crippen LogP contribution in [-0.4, -0.2) is 47.4 Å². The van der Waals surface area contributed by atoms with Gasteiger partial charge in [-0.25, -0.2) is 9.86 Å². The molecule has 1 N–H and O–H groups in total. The molecule has 0 aromatic carbocycles. The van der Waals surface area contributed by atoms with Crippen molar-refractivity contribution in [3.05, 3.63) is 0 Å². The lowest BCUT2D eigenvalue weighted by Crippen LogP contribution is -2.37. The maximum Gasteiger partial charge on any atom is 0.332 e. The van der Waals surface area contributed by atoms with E-state index in [9.17, 15) is 9.59 Å². The third kappa shape index (κ3) is 2.10. The van der Waals surface area contributed by atoms with Gasteiger partial charge in [-0.1, -0.05) is 0 Å². The molecule has 84 valence electrons. The van der Waals surface area contributed by atoms with E-state index in [1.807, 2.05) is 0 Å². The molecule has 0 unspecified atom stereocenters. The molecule has 0 saturated carbocycles. The molecular weight excluding hydrogens is 202 g/mol. The molecule has 2 aliphatic heterocycles. The summed E-state index contributed by atoms with van der Waals surface area (Å²) < 4.78 is 5.13. The first-order chi connectivity index (χ1) is 7.18. The zero-order valence-corrected chi connectivity index (χ0v) is 8.22. The number of nitrogens with zero attached hydrogens (tertiary/aromatic N) is 1. The molecule has 0 aromatic heterocycles. The normalized spacial score (nSPS) is 30.8. The summed E-state index contributed by atoms with van der Waals surface area (Å²) in [6.45, 7) is 1.11. The van der Waals surface area contributed by atoms with Crippen molar-refractivity contribution in [2.24, 2.45) is 0 Å². The second-order valence-electron chi connectivity index (χ2n) is 3.66. The van der Waals surface area contributed by atoms with Crippen LogP contribution in [0.4, 0.5) is 0 Å². The highest BCUT2D eigenvalue weighted by Crippen LogP contribution is 2.22. The van der Waals surface area contributed by atoms with Crippen molar-refractivity contribution in [1.82, 2.24) is 5.06 Å². The standard InChI is InChI=1S/C9H13NO5/c11-8(10-4-1-5-14-10)6-2-3-7(15-6)9(12)13/h6-7H,1-5H2,(H,12,13)/t6-,7+/m0/s1. The number of hydroxylamine groups is 2. The van der Waals surface area contributed by atoms with Gasteiger partial charge >= 0.3 is 5.97 Å². The average Bonchev–Trinajstić information content (AvgIpc) is 2.88. The van der Waals surface area contributed by atoms with E-state index in [-0.39, 0.29) is 5.91 Å². The molecule has 0 bridgehead atoms.